The van der Waals surface area contributed by atoms with Crippen molar-refractivity contribution in [1.82, 2.24) is 9.97 Å². The van der Waals surface area contributed by atoms with Crippen LogP contribution in [0.5, 0.6) is 0 Å². The number of nitrogens with two attached hydrogens (primary N) is 1. The van der Waals surface area contributed by atoms with Gasteiger partial charge in [-0.15, -0.1) is 0 Å². The molecule has 0 saturated carbocycles. The summed E-state index contributed by atoms with van der Waals surface area (Å²) in [6, 6.07) is 0. The van der Waals surface area contributed by atoms with E-state index in [1.54, 1.807) is 13.1 Å². The van der Waals surface area contributed by atoms with E-state index in [0.29, 0.717) is 23.8 Å². The van der Waals surface area contributed by atoms with Crippen LogP contribution in [-0.4, -0.2) is 40.1 Å². The number of aliphatic hydroxyl groups excluding tert-OH is 1. The average molecular weight is 235 g/mol. The molecule has 1 aromatic rings. The second-order valence-corrected chi connectivity index (χ2v) is 4.31. The van der Waals surface area contributed by atoms with Gasteiger partial charge in [-0.3, -0.25) is 5.41 Å². The lowest BCUT2D eigenvalue weighted by Gasteiger charge is -2.32. The van der Waals surface area contributed by atoms with Crippen molar-refractivity contribution in [2.45, 2.75) is 25.9 Å². The van der Waals surface area contributed by atoms with Gasteiger partial charge in [-0.2, -0.15) is 0 Å². The molecule has 17 heavy (non-hydrogen) atoms. The zero-order valence-electron chi connectivity index (χ0n) is 9.85. The zero-order chi connectivity index (χ0) is 12.4. The van der Waals surface area contributed by atoms with Crippen molar-refractivity contribution < 1.29 is 5.11 Å². The Morgan fingerprint density at radius 3 is 3.06 bits per heavy atom. The Labute approximate surface area is 100.0 Å². The van der Waals surface area contributed by atoms with Crippen LogP contribution >= 0.6 is 0 Å². The molecule has 1 aliphatic rings. The second kappa shape index (κ2) is 4.67. The van der Waals surface area contributed by atoms with Gasteiger partial charge >= 0.3 is 0 Å². The molecule has 0 aliphatic carbocycles. The highest BCUT2D eigenvalue weighted by molar-refractivity contribution is 5.99. The molecule has 0 aromatic carbocycles. The number of aliphatic hydroxyl groups is 1. The maximum Gasteiger partial charge on any atom is 0.143 e. The molecule has 0 radical (unpaired) electrons. The first-order valence-electron chi connectivity index (χ1n) is 5.69. The number of β-amino-alcohol motifs (C(OH)–C–C–N with tert-alkyl or cyclic N) is 1. The summed E-state index contributed by atoms with van der Waals surface area (Å²) in [5.41, 5.74) is 6.05. The third-order valence-electron chi connectivity index (χ3n) is 2.88. The predicted octanol–water partition coefficient (Wildman–Crippen LogP) is 0.0302. The molecule has 1 aromatic heterocycles. The summed E-state index contributed by atoms with van der Waals surface area (Å²) in [5.74, 6) is 1.26. The molecule has 4 N–H and O–H groups in total. The molecular formula is C11H17N5O. The normalized spacial score (nSPS) is 20.4. The lowest BCUT2D eigenvalue weighted by molar-refractivity contribution is 0.154. The van der Waals surface area contributed by atoms with E-state index >= 15 is 0 Å². The Morgan fingerprint density at radius 2 is 2.41 bits per heavy atom. The minimum absolute atomic E-state index is 0.0416. The van der Waals surface area contributed by atoms with E-state index < -0.39 is 0 Å². The molecule has 92 valence electrons. The Bertz CT molecular complexity index is 434. The highest BCUT2D eigenvalue weighted by atomic mass is 16.3. The number of amidine groups is 1. The largest absolute Gasteiger partial charge is 0.391 e. The number of rotatable bonds is 2. The maximum atomic E-state index is 9.67. The van der Waals surface area contributed by atoms with Gasteiger partial charge < -0.3 is 15.7 Å². The minimum Gasteiger partial charge on any atom is -0.391 e. The monoisotopic (exact) mass is 235 g/mol. The highest BCUT2D eigenvalue weighted by Gasteiger charge is 2.22. The molecule has 0 amide bonds. The standard InChI is InChI=1S/C11H17N5O/c1-7-14-5-9(10(12)13)11(15-7)16-4-2-3-8(17)6-16/h5,8,17H,2-4,6H2,1H3,(H3,12,13). The number of piperidine rings is 1. The van der Waals surface area contributed by atoms with Crippen LogP contribution in [0.25, 0.3) is 0 Å². The highest BCUT2D eigenvalue weighted by Crippen LogP contribution is 2.21. The zero-order valence-corrected chi connectivity index (χ0v) is 9.85. The van der Waals surface area contributed by atoms with Gasteiger partial charge in [0.05, 0.1) is 11.7 Å². The number of aryl methyl sites for hydroxylation is 1. The SMILES string of the molecule is Cc1ncc(C(=N)N)c(N2CCCC(O)C2)n1. The van der Waals surface area contributed by atoms with Gasteiger partial charge in [-0.05, 0) is 19.8 Å². The summed E-state index contributed by atoms with van der Waals surface area (Å²) < 4.78 is 0. The van der Waals surface area contributed by atoms with Crippen LogP contribution in [0.3, 0.4) is 0 Å². The number of nitrogens with one attached hydrogen (secondary N) is 1. The maximum absolute atomic E-state index is 9.67. The van der Waals surface area contributed by atoms with E-state index in [9.17, 15) is 5.11 Å². The first kappa shape index (κ1) is 11.8. The van der Waals surface area contributed by atoms with Gasteiger partial charge in [-0.25, -0.2) is 9.97 Å². The van der Waals surface area contributed by atoms with Crippen molar-refractivity contribution >= 4 is 11.7 Å². The molecule has 6 nitrogen and oxygen atoms in total. The molecule has 1 fully saturated rings. The number of nitrogen functional groups attached to an aromatic ring is 1. The number of hydrogen-bond acceptors (Lipinski definition) is 5. The Balaban J connectivity index is 2.35. The molecule has 1 saturated heterocycles. The molecule has 6 heteroatoms. The Kier molecular flexibility index (Phi) is 3.23. The van der Waals surface area contributed by atoms with Crippen molar-refractivity contribution in [2.24, 2.45) is 5.73 Å². The number of hydrogen-bond donors (Lipinski definition) is 3. The van der Waals surface area contributed by atoms with Crippen LogP contribution in [0.1, 0.15) is 24.2 Å². The summed E-state index contributed by atoms with van der Waals surface area (Å²) in [7, 11) is 0. The molecule has 1 atom stereocenters. The van der Waals surface area contributed by atoms with E-state index in [-0.39, 0.29) is 11.9 Å². The van der Waals surface area contributed by atoms with Gasteiger partial charge in [0.1, 0.15) is 17.5 Å². The Morgan fingerprint density at radius 1 is 1.65 bits per heavy atom. The van der Waals surface area contributed by atoms with E-state index in [4.69, 9.17) is 11.1 Å². The molecule has 0 bridgehead atoms. The van der Waals surface area contributed by atoms with Gasteiger partial charge in [0.25, 0.3) is 0 Å². The number of aromatic nitrogens is 2. The van der Waals surface area contributed by atoms with Crippen molar-refractivity contribution in [3.05, 3.63) is 17.6 Å². The molecular weight excluding hydrogens is 218 g/mol. The smallest absolute Gasteiger partial charge is 0.143 e. The third-order valence-corrected chi connectivity index (χ3v) is 2.88. The predicted molar refractivity (Wildman–Crippen MR) is 65.2 cm³/mol. The van der Waals surface area contributed by atoms with Crippen molar-refractivity contribution in [3.8, 4) is 0 Å². The van der Waals surface area contributed by atoms with Gasteiger partial charge in [0.2, 0.25) is 0 Å². The summed E-state index contributed by atoms with van der Waals surface area (Å²) >= 11 is 0. The molecule has 0 spiro atoms. The van der Waals surface area contributed by atoms with Gasteiger partial charge in [-0.1, -0.05) is 0 Å². The molecule has 2 rings (SSSR count). The van der Waals surface area contributed by atoms with Gasteiger partial charge in [0, 0.05) is 19.3 Å². The molecule has 1 aliphatic heterocycles. The first-order valence-corrected chi connectivity index (χ1v) is 5.69. The van der Waals surface area contributed by atoms with E-state index in [1.807, 2.05) is 4.90 Å². The quantitative estimate of drug-likeness (QED) is 0.496. The number of nitrogens with zero attached hydrogens (tertiary/aromatic N) is 3. The fraction of sp³-hybridized carbons (Fsp3) is 0.545. The Hall–Kier alpha value is -1.69. The topological polar surface area (TPSA) is 99.1 Å². The minimum atomic E-state index is -0.334. The van der Waals surface area contributed by atoms with Crippen LogP contribution < -0.4 is 10.6 Å². The average Bonchev–Trinajstić information content (AvgIpc) is 2.28. The first-order chi connectivity index (χ1) is 8.08. The van der Waals surface area contributed by atoms with E-state index in [0.717, 1.165) is 19.4 Å². The third kappa shape index (κ3) is 2.52. The van der Waals surface area contributed by atoms with Crippen LogP contribution in [0, 0.1) is 12.3 Å². The summed E-state index contributed by atoms with van der Waals surface area (Å²) in [6.07, 6.45) is 2.97. The van der Waals surface area contributed by atoms with Gasteiger partial charge in [0.15, 0.2) is 0 Å². The van der Waals surface area contributed by atoms with Crippen molar-refractivity contribution in [1.29, 1.82) is 5.41 Å². The van der Waals surface area contributed by atoms with E-state index in [1.165, 1.54) is 0 Å². The van der Waals surface area contributed by atoms with Crippen LogP contribution in [0.15, 0.2) is 6.20 Å². The summed E-state index contributed by atoms with van der Waals surface area (Å²) in [4.78, 5) is 10.4. The van der Waals surface area contributed by atoms with Crippen molar-refractivity contribution in [3.63, 3.8) is 0 Å². The molecule has 1 unspecified atom stereocenters. The number of anilines is 1. The second-order valence-electron chi connectivity index (χ2n) is 4.31. The molecule has 2 heterocycles. The summed E-state index contributed by atoms with van der Waals surface area (Å²) in [6.45, 7) is 3.16. The summed E-state index contributed by atoms with van der Waals surface area (Å²) in [5, 5.41) is 17.2. The lowest BCUT2D eigenvalue weighted by atomic mass is 10.1. The lowest BCUT2D eigenvalue weighted by Crippen LogP contribution is -2.40. The van der Waals surface area contributed by atoms with Crippen LogP contribution in [0.2, 0.25) is 0 Å². The van der Waals surface area contributed by atoms with Crippen molar-refractivity contribution in [2.75, 3.05) is 18.0 Å². The fourth-order valence-electron chi connectivity index (χ4n) is 2.04. The fourth-order valence-corrected chi connectivity index (χ4v) is 2.04. The van der Waals surface area contributed by atoms with E-state index in [2.05, 4.69) is 9.97 Å². The van der Waals surface area contributed by atoms with Crippen LogP contribution in [-0.2, 0) is 0 Å². The van der Waals surface area contributed by atoms with Crippen LogP contribution in [0.4, 0.5) is 5.82 Å².